The first-order valence-electron chi connectivity index (χ1n) is 6.66. The van der Waals surface area contributed by atoms with Crippen LogP contribution in [0.15, 0.2) is 12.4 Å². The quantitative estimate of drug-likeness (QED) is 0.828. The first-order chi connectivity index (χ1) is 8.85. The predicted octanol–water partition coefficient (Wildman–Crippen LogP) is 1.92. The van der Waals surface area contributed by atoms with E-state index in [-0.39, 0.29) is 6.03 Å². The van der Waals surface area contributed by atoms with Gasteiger partial charge >= 0.3 is 6.03 Å². The van der Waals surface area contributed by atoms with Crippen molar-refractivity contribution < 1.29 is 9.90 Å². The molecule has 2 amide bonds. The van der Waals surface area contributed by atoms with Gasteiger partial charge in [0.25, 0.3) is 0 Å². The Labute approximate surface area is 114 Å². The molecule has 0 saturated heterocycles. The Morgan fingerprint density at radius 3 is 2.74 bits per heavy atom. The highest BCUT2D eigenvalue weighted by Crippen LogP contribution is 2.09. The van der Waals surface area contributed by atoms with Crippen molar-refractivity contribution in [2.24, 2.45) is 0 Å². The number of aliphatic hydroxyl groups is 1. The van der Waals surface area contributed by atoms with E-state index in [9.17, 15) is 9.90 Å². The predicted molar refractivity (Wildman–Crippen MR) is 75.1 cm³/mol. The van der Waals surface area contributed by atoms with Crippen molar-refractivity contribution in [2.75, 3.05) is 18.4 Å². The second-order valence-electron chi connectivity index (χ2n) is 5.25. The van der Waals surface area contributed by atoms with Gasteiger partial charge in [-0.2, -0.15) is 5.10 Å². The van der Waals surface area contributed by atoms with Gasteiger partial charge < -0.3 is 15.3 Å². The standard InChI is InChI=1S/C13H24N4O2/c1-5-7-17-9-11(8-14-17)15-12(18)16(6-2)10-13(3,4)19/h8-9,19H,5-7,10H2,1-4H3,(H,15,18). The maximum Gasteiger partial charge on any atom is 0.322 e. The number of nitrogens with zero attached hydrogens (tertiary/aromatic N) is 3. The molecule has 6 heteroatoms. The SMILES string of the molecule is CCCn1cc(NC(=O)N(CC)CC(C)(C)O)cn1. The van der Waals surface area contributed by atoms with Gasteiger partial charge in [-0.15, -0.1) is 0 Å². The molecule has 0 fully saturated rings. The molecule has 1 aromatic heterocycles. The average molecular weight is 268 g/mol. The lowest BCUT2D eigenvalue weighted by atomic mass is 10.1. The Morgan fingerprint density at radius 1 is 1.53 bits per heavy atom. The van der Waals surface area contributed by atoms with Crippen LogP contribution < -0.4 is 5.32 Å². The number of aromatic nitrogens is 2. The van der Waals surface area contributed by atoms with E-state index in [4.69, 9.17) is 0 Å². The van der Waals surface area contributed by atoms with Gasteiger partial charge in [-0.1, -0.05) is 6.92 Å². The second kappa shape index (κ2) is 6.56. The normalized spacial score (nSPS) is 11.4. The molecule has 6 nitrogen and oxygen atoms in total. The van der Waals surface area contributed by atoms with Crippen LogP contribution in [0.5, 0.6) is 0 Å². The van der Waals surface area contributed by atoms with Crippen LogP contribution in [-0.4, -0.2) is 44.5 Å². The van der Waals surface area contributed by atoms with E-state index in [0.717, 1.165) is 13.0 Å². The summed E-state index contributed by atoms with van der Waals surface area (Å²) in [4.78, 5) is 13.6. The zero-order valence-electron chi connectivity index (χ0n) is 12.2. The minimum absolute atomic E-state index is 0.222. The summed E-state index contributed by atoms with van der Waals surface area (Å²) < 4.78 is 1.79. The molecule has 0 aliphatic carbocycles. The van der Waals surface area contributed by atoms with E-state index in [1.54, 1.807) is 35.8 Å². The number of hydrogen-bond donors (Lipinski definition) is 2. The summed E-state index contributed by atoms with van der Waals surface area (Å²) in [7, 11) is 0. The molecule has 1 rings (SSSR count). The fourth-order valence-corrected chi connectivity index (χ4v) is 1.78. The topological polar surface area (TPSA) is 70.4 Å². The van der Waals surface area contributed by atoms with Crippen molar-refractivity contribution in [1.29, 1.82) is 0 Å². The number of hydrogen-bond acceptors (Lipinski definition) is 3. The molecule has 2 N–H and O–H groups in total. The molecule has 0 radical (unpaired) electrons. The summed E-state index contributed by atoms with van der Waals surface area (Å²) in [6.45, 7) is 8.98. The Balaban J connectivity index is 2.60. The Hall–Kier alpha value is -1.56. The van der Waals surface area contributed by atoms with E-state index >= 15 is 0 Å². The largest absolute Gasteiger partial charge is 0.389 e. The van der Waals surface area contributed by atoms with Crippen LogP contribution in [0.2, 0.25) is 0 Å². The van der Waals surface area contributed by atoms with Gasteiger partial charge in [0, 0.05) is 19.3 Å². The lowest BCUT2D eigenvalue weighted by Crippen LogP contribution is -2.44. The summed E-state index contributed by atoms with van der Waals surface area (Å²) in [5, 5.41) is 16.7. The molecule has 1 heterocycles. The minimum Gasteiger partial charge on any atom is -0.389 e. The molecule has 0 saturated carbocycles. The number of likely N-dealkylation sites (N-methyl/N-ethyl adjacent to an activating group) is 1. The smallest absolute Gasteiger partial charge is 0.322 e. The van der Waals surface area contributed by atoms with Gasteiger partial charge in [-0.25, -0.2) is 4.79 Å². The third-order valence-corrected chi connectivity index (χ3v) is 2.58. The summed E-state index contributed by atoms with van der Waals surface area (Å²) >= 11 is 0. The van der Waals surface area contributed by atoms with Crippen LogP contribution in [0.25, 0.3) is 0 Å². The monoisotopic (exact) mass is 268 g/mol. The average Bonchev–Trinajstić information content (AvgIpc) is 2.72. The third-order valence-electron chi connectivity index (χ3n) is 2.58. The molecular weight excluding hydrogens is 244 g/mol. The summed E-state index contributed by atoms with van der Waals surface area (Å²) in [6.07, 6.45) is 4.43. The molecular formula is C13H24N4O2. The van der Waals surface area contributed by atoms with Crippen LogP contribution in [-0.2, 0) is 6.54 Å². The Bertz CT molecular complexity index is 409. The number of amides is 2. The van der Waals surface area contributed by atoms with Crippen molar-refractivity contribution in [3.63, 3.8) is 0 Å². The zero-order valence-corrected chi connectivity index (χ0v) is 12.2. The summed E-state index contributed by atoms with van der Waals surface area (Å²) in [5.41, 5.74) is -0.229. The van der Waals surface area contributed by atoms with Gasteiger partial charge in [-0.05, 0) is 27.2 Å². The number of nitrogens with one attached hydrogen (secondary N) is 1. The highest BCUT2D eigenvalue weighted by Gasteiger charge is 2.21. The van der Waals surface area contributed by atoms with E-state index in [1.165, 1.54) is 0 Å². The first kappa shape index (κ1) is 15.5. The van der Waals surface area contributed by atoms with Crippen LogP contribution in [0.3, 0.4) is 0 Å². The van der Waals surface area contributed by atoms with Gasteiger partial charge in [0.1, 0.15) is 0 Å². The number of rotatable bonds is 6. The molecule has 0 unspecified atom stereocenters. The molecule has 0 atom stereocenters. The maximum absolute atomic E-state index is 12.1. The summed E-state index contributed by atoms with van der Waals surface area (Å²) in [5.74, 6) is 0. The van der Waals surface area contributed by atoms with Gasteiger partial charge in [0.2, 0.25) is 0 Å². The molecule has 1 aromatic rings. The Morgan fingerprint density at radius 2 is 2.21 bits per heavy atom. The molecule has 0 spiro atoms. The fraction of sp³-hybridized carbons (Fsp3) is 0.692. The Kier molecular flexibility index (Phi) is 5.35. The van der Waals surface area contributed by atoms with E-state index < -0.39 is 5.60 Å². The van der Waals surface area contributed by atoms with Gasteiger partial charge in [0.05, 0.1) is 24.0 Å². The van der Waals surface area contributed by atoms with E-state index in [0.29, 0.717) is 18.8 Å². The van der Waals surface area contributed by atoms with Crippen molar-refractivity contribution in [3.8, 4) is 0 Å². The molecule has 19 heavy (non-hydrogen) atoms. The zero-order chi connectivity index (χ0) is 14.5. The maximum atomic E-state index is 12.1. The van der Waals surface area contributed by atoms with E-state index in [1.807, 2.05) is 6.92 Å². The van der Waals surface area contributed by atoms with Gasteiger partial charge in [0.15, 0.2) is 0 Å². The number of carbonyl (C=O) groups excluding carboxylic acids is 1. The first-order valence-corrected chi connectivity index (χ1v) is 6.66. The molecule has 0 aliphatic rings. The number of aryl methyl sites for hydroxylation is 1. The molecule has 0 aliphatic heterocycles. The molecule has 0 bridgehead atoms. The lowest BCUT2D eigenvalue weighted by molar-refractivity contribution is 0.0501. The van der Waals surface area contributed by atoms with Crippen LogP contribution in [0.4, 0.5) is 10.5 Å². The molecule has 0 aromatic carbocycles. The van der Waals surface area contributed by atoms with Crippen molar-refractivity contribution in [3.05, 3.63) is 12.4 Å². The number of carbonyl (C=O) groups is 1. The highest BCUT2D eigenvalue weighted by molar-refractivity contribution is 5.89. The van der Waals surface area contributed by atoms with Crippen LogP contribution in [0.1, 0.15) is 34.1 Å². The number of anilines is 1. The lowest BCUT2D eigenvalue weighted by Gasteiger charge is -2.27. The van der Waals surface area contributed by atoms with Crippen LogP contribution in [0, 0.1) is 0 Å². The van der Waals surface area contributed by atoms with Crippen molar-refractivity contribution in [1.82, 2.24) is 14.7 Å². The number of urea groups is 1. The van der Waals surface area contributed by atoms with Crippen molar-refractivity contribution >= 4 is 11.7 Å². The van der Waals surface area contributed by atoms with Crippen LogP contribution >= 0.6 is 0 Å². The van der Waals surface area contributed by atoms with Crippen molar-refractivity contribution in [2.45, 2.75) is 46.3 Å². The third kappa shape index (κ3) is 5.30. The fourth-order valence-electron chi connectivity index (χ4n) is 1.78. The second-order valence-corrected chi connectivity index (χ2v) is 5.25. The minimum atomic E-state index is -0.903. The molecule has 108 valence electrons. The highest BCUT2D eigenvalue weighted by atomic mass is 16.3. The van der Waals surface area contributed by atoms with Gasteiger partial charge in [-0.3, -0.25) is 4.68 Å². The van der Waals surface area contributed by atoms with E-state index in [2.05, 4.69) is 17.3 Å². The summed E-state index contributed by atoms with van der Waals surface area (Å²) in [6, 6.07) is -0.222.